The first-order chi connectivity index (χ1) is 41.0. The molecule has 1 aromatic carbocycles. The zero-order chi connectivity index (χ0) is 60.1. The Labute approximate surface area is 511 Å². The smallest absolute Gasteiger partial charge is 0.323 e. The van der Waals surface area contributed by atoms with Gasteiger partial charge in [0.05, 0.1) is 54.2 Å². The van der Waals surface area contributed by atoms with Crippen LogP contribution in [0.2, 0.25) is 0 Å². The van der Waals surface area contributed by atoms with E-state index in [9.17, 15) is 38.7 Å². The Morgan fingerprint density at radius 1 is 0.741 bits per heavy atom. The summed E-state index contributed by atoms with van der Waals surface area (Å²) in [5.41, 5.74) is 2.93. The van der Waals surface area contributed by atoms with Gasteiger partial charge in [-0.25, -0.2) is 39.7 Å². The molecule has 7 aromatic heterocycles. The number of methoxy groups -OCH3 is 2. The SMILES string of the molecule is CNC(=O)C[C@@H]1NC(=O)c2csc(n2)-c2ccc(-c3nc(NC(=O)N4CCC(C(=O)OC)CC4)cs3)nc2-c2csc(n2)-c2csc(n2)[C@H]([C@@H](O)c2ccccc2)NC(=O)CNC(=O)c2nc(sc2COC)[C@@H](C(C)C)CC(=O)c2nc1sc2C. The van der Waals surface area contributed by atoms with E-state index < -0.39 is 48.4 Å². The van der Waals surface area contributed by atoms with Crippen molar-refractivity contribution in [3.63, 3.8) is 0 Å². The highest BCUT2D eigenvalue weighted by atomic mass is 32.1. The number of likely N-dealkylation sites (tertiary alicyclic amines) is 1. The average Bonchev–Trinajstić information content (AvgIpc) is 4.07. The minimum atomic E-state index is -1.27. The van der Waals surface area contributed by atoms with Crippen LogP contribution in [-0.2, 0) is 30.5 Å². The van der Waals surface area contributed by atoms with Crippen molar-refractivity contribution in [2.45, 2.75) is 77.2 Å². The maximum absolute atomic E-state index is 14.4. The number of hydrogen-bond donors (Lipinski definition) is 6. The molecule has 85 heavy (non-hydrogen) atoms. The fourth-order valence-electron chi connectivity index (χ4n) is 9.57. The van der Waals surface area contributed by atoms with E-state index in [1.54, 1.807) is 75.8 Å². The predicted molar refractivity (Wildman–Crippen MR) is 324 cm³/mol. The van der Waals surface area contributed by atoms with Crippen LogP contribution in [0.1, 0.15) is 125 Å². The monoisotopic (exact) mass is 1260 g/mol. The van der Waals surface area contributed by atoms with Crippen molar-refractivity contribution in [1.29, 1.82) is 0 Å². The number of carbonyl (C=O) groups excluding carboxylic acids is 7. The quantitative estimate of drug-likeness (QED) is 0.0698. The van der Waals surface area contributed by atoms with E-state index in [0.717, 1.165) is 0 Å². The molecule has 2 aliphatic rings. The molecule has 442 valence electrons. The number of esters is 1. The van der Waals surface area contributed by atoms with Crippen LogP contribution in [0.5, 0.6) is 0 Å². The Hall–Kier alpha value is -7.64. The van der Waals surface area contributed by atoms with E-state index in [-0.39, 0.29) is 72.1 Å². The first-order valence-corrected chi connectivity index (χ1v) is 31.9. The minimum Gasteiger partial charge on any atom is -0.469 e. The van der Waals surface area contributed by atoms with Crippen LogP contribution in [0.3, 0.4) is 0 Å². The number of hydrogen-bond acceptors (Lipinski definition) is 23. The average molecular weight is 1260 g/mol. The van der Waals surface area contributed by atoms with Gasteiger partial charge in [0.1, 0.15) is 77.2 Å². The molecule has 29 heteroatoms. The highest BCUT2D eigenvalue weighted by Crippen LogP contribution is 2.41. The van der Waals surface area contributed by atoms with Gasteiger partial charge in [0.15, 0.2) is 5.78 Å². The number of nitrogens with zero attached hydrogens (tertiary/aromatic N) is 8. The second kappa shape index (κ2) is 26.7. The van der Waals surface area contributed by atoms with Crippen LogP contribution >= 0.6 is 68.0 Å². The van der Waals surface area contributed by atoms with Gasteiger partial charge in [0, 0.05) is 71.5 Å². The van der Waals surface area contributed by atoms with Crippen molar-refractivity contribution in [3.8, 4) is 43.4 Å². The summed E-state index contributed by atoms with van der Waals surface area (Å²) in [6, 6.07) is 9.96. The third-order valence-electron chi connectivity index (χ3n) is 14.2. The molecule has 4 atom stereocenters. The van der Waals surface area contributed by atoms with Gasteiger partial charge in [-0.05, 0) is 43.4 Å². The number of rotatable bonds is 10. The molecule has 2 aliphatic heterocycles. The fourth-order valence-corrected chi connectivity index (χ4v) is 15.1. The molecule has 9 heterocycles. The van der Waals surface area contributed by atoms with Crippen molar-refractivity contribution >= 4 is 115 Å². The highest BCUT2D eigenvalue weighted by molar-refractivity contribution is 7.15. The normalized spacial score (nSPS) is 17.6. The van der Waals surface area contributed by atoms with Gasteiger partial charge in [-0.3, -0.25) is 34.1 Å². The summed E-state index contributed by atoms with van der Waals surface area (Å²) in [6.07, 6.45) is -0.545. The lowest BCUT2D eigenvalue weighted by Gasteiger charge is -2.30. The molecule has 10 bridgehead atoms. The Kier molecular flexibility index (Phi) is 19.0. The van der Waals surface area contributed by atoms with Crippen molar-refractivity contribution in [3.05, 3.63) is 111 Å². The van der Waals surface area contributed by atoms with E-state index in [1.165, 1.54) is 89.3 Å². The number of piperidine rings is 1. The molecular formula is C56H57N13O10S6. The Morgan fingerprint density at radius 3 is 2.19 bits per heavy atom. The van der Waals surface area contributed by atoms with Crippen molar-refractivity contribution in [2.75, 3.05) is 46.2 Å². The molecule has 0 aliphatic carbocycles. The van der Waals surface area contributed by atoms with Gasteiger partial charge in [0.25, 0.3) is 11.8 Å². The van der Waals surface area contributed by atoms with Crippen LogP contribution in [0.15, 0.2) is 64.0 Å². The minimum absolute atomic E-state index is 0.0297. The van der Waals surface area contributed by atoms with Gasteiger partial charge in [-0.2, -0.15) is 0 Å². The van der Waals surface area contributed by atoms with E-state index in [4.69, 9.17) is 44.4 Å². The number of thiazole rings is 6. The number of aryl methyl sites for hydroxylation is 1. The van der Waals surface area contributed by atoms with E-state index in [1.807, 2.05) is 13.8 Å². The second-order valence-electron chi connectivity index (χ2n) is 20.2. The molecule has 6 amide bonds. The Bertz CT molecular complexity index is 3790. The van der Waals surface area contributed by atoms with Gasteiger partial charge in [0.2, 0.25) is 11.8 Å². The number of pyridine rings is 1. The summed E-state index contributed by atoms with van der Waals surface area (Å²) in [4.78, 5) is 132. The third kappa shape index (κ3) is 13.7. The highest BCUT2D eigenvalue weighted by Gasteiger charge is 2.34. The number of amides is 6. The van der Waals surface area contributed by atoms with Gasteiger partial charge >= 0.3 is 12.0 Å². The van der Waals surface area contributed by atoms with Gasteiger partial charge in [-0.1, -0.05) is 44.2 Å². The summed E-state index contributed by atoms with van der Waals surface area (Å²) in [5, 5.41) is 35.3. The molecular weight excluding hydrogens is 1210 g/mol. The van der Waals surface area contributed by atoms with E-state index >= 15 is 0 Å². The number of aliphatic hydroxyl groups is 1. The number of ketones is 1. The number of ether oxygens (including phenoxy) is 2. The standard InChI is InChI=1S/C56H57N13O10S6/c1-26(2)31-18-37(70)42-27(3)84-53(67-42)33(19-40(71)57-4)60-47(74)35-23-80-49(62-35)30-12-13-32(51-64-39(25-83-51)65-56(77)69-16-14-29(15-17-69)55(76)79-6)59-43(30)34-22-81-52(61-34)36-24-82-54(63-36)45(46(73)28-10-8-7-9-11-28)66-41(72)20-58-48(75)44-38(21-78-5)85-50(31)68-44/h7-13,22-26,29,31,33,45-46,73H,14-21H2,1-6H3,(H,57,71)(H,58,75)(H,60,74)(H,65,77)(H,66,72)/t31-,33+,45+,46+/m1/s1. The molecule has 0 spiro atoms. The molecule has 10 rings (SSSR count). The second-order valence-corrected chi connectivity index (χ2v) is 26.0. The summed E-state index contributed by atoms with van der Waals surface area (Å²) >= 11 is 7.33. The molecule has 1 fully saturated rings. The van der Waals surface area contributed by atoms with Crippen LogP contribution in [0.4, 0.5) is 10.6 Å². The van der Waals surface area contributed by atoms with Gasteiger partial charge in [-0.15, -0.1) is 68.0 Å². The van der Waals surface area contributed by atoms with Gasteiger partial charge < -0.3 is 40.7 Å². The zero-order valence-electron chi connectivity index (χ0n) is 46.6. The maximum Gasteiger partial charge on any atom is 0.323 e. The first-order valence-electron chi connectivity index (χ1n) is 26.8. The molecule has 1 saturated heterocycles. The van der Waals surface area contributed by atoms with Crippen molar-refractivity contribution in [2.24, 2.45) is 11.8 Å². The van der Waals surface area contributed by atoms with Crippen LogP contribution in [0.25, 0.3) is 43.4 Å². The summed E-state index contributed by atoms with van der Waals surface area (Å²) in [7, 11) is 4.32. The Balaban J connectivity index is 1.02. The van der Waals surface area contributed by atoms with Crippen molar-refractivity contribution < 1.29 is 48.1 Å². The van der Waals surface area contributed by atoms with E-state index in [0.29, 0.717) is 105 Å². The number of aromatic nitrogens is 7. The number of aliphatic hydroxyl groups excluding tert-OH is 1. The third-order valence-corrected chi connectivity index (χ3v) is 19.9. The molecule has 23 nitrogen and oxygen atoms in total. The molecule has 0 radical (unpaired) electrons. The topological polar surface area (TPSA) is 312 Å². The van der Waals surface area contributed by atoms with Crippen molar-refractivity contribution in [1.82, 2.24) is 61.1 Å². The summed E-state index contributed by atoms with van der Waals surface area (Å²) in [6.45, 7) is 5.92. The molecule has 6 N–H and O–H groups in total. The lowest BCUT2D eigenvalue weighted by Crippen LogP contribution is -2.42. The first kappa shape index (κ1) is 60.5. The number of Topliss-reactive ketones (excluding diaryl/α,β-unsaturated/α-hetero) is 1. The predicted octanol–water partition coefficient (Wildman–Crippen LogP) is 8.61. The van der Waals surface area contributed by atoms with Crippen LogP contribution in [-0.4, -0.2) is 127 Å². The lowest BCUT2D eigenvalue weighted by atomic mass is 9.90. The molecule has 0 saturated carbocycles. The fraction of sp³-hybridized carbons (Fsp3) is 0.357. The number of urea groups is 1. The lowest BCUT2D eigenvalue weighted by molar-refractivity contribution is -0.146. The van der Waals surface area contributed by atoms with Crippen LogP contribution in [0, 0.1) is 18.8 Å². The maximum atomic E-state index is 14.4. The zero-order valence-corrected chi connectivity index (χ0v) is 51.5. The number of benzene rings is 1. The van der Waals surface area contributed by atoms with E-state index in [2.05, 4.69) is 26.6 Å². The number of fused-ring (bicyclic) bond motifs is 14. The summed E-state index contributed by atoms with van der Waals surface area (Å²) < 4.78 is 10.4. The number of anilines is 1. The number of nitrogens with one attached hydrogen (secondary N) is 5. The molecule has 8 aromatic rings. The van der Waals surface area contributed by atoms with Crippen LogP contribution < -0.4 is 26.6 Å². The Morgan fingerprint density at radius 2 is 1.45 bits per heavy atom. The number of carbonyl (C=O) groups is 7. The summed E-state index contributed by atoms with van der Waals surface area (Å²) in [5.74, 6) is -3.43. The largest absolute Gasteiger partial charge is 0.469 e. The molecule has 0 unspecified atom stereocenters.